The maximum Gasteiger partial charge on any atom is 0.252 e. The number of carbonyl (C=O) groups is 1. The van der Waals surface area contributed by atoms with Gasteiger partial charge in [-0.05, 0) is 30.7 Å². The smallest absolute Gasteiger partial charge is 0.252 e. The predicted octanol–water partition coefficient (Wildman–Crippen LogP) is 3.55. The van der Waals surface area contributed by atoms with Gasteiger partial charge in [0.15, 0.2) is 4.80 Å². The number of hydrogen-bond donors (Lipinski definition) is 0. The van der Waals surface area contributed by atoms with Crippen molar-refractivity contribution >= 4 is 27.5 Å². The van der Waals surface area contributed by atoms with Crippen LogP contribution in [0.2, 0.25) is 0 Å². The van der Waals surface area contributed by atoms with E-state index in [0.717, 1.165) is 15.8 Å². The van der Waals surface area contributed by atoms with Crippen LogP contribution in [0.5, 0.6) is 0 Å². The number of rotatable bonds is 6. The van der Waals surface area contributed by atoms with Gasteiger partial charge in [-0.25, -0.2) is 4.39 Å². The van der Waals surface area contributed by atoms with Crippen LogP contribution in [-0.2, 0) is 22.5 Å². The highest BCUT2D eigenvalue weighted by Gasteiger charge is 2.09. The number of thiazole rings is 1. The molecule has 1 aromatic heterocycles. The molecule has 0 aliphatic carbocycles. The molecule has 0 saturated heterocycles. The van der Waals surface area contributed by atoms with E-state index < -0.39 is 0 Å². The molecule has 0 atom stereocenters. The van der Waals surface area contributed by atoms with Gasteiger partial charge in [0.2, 0.25) is 0 Å². The van der Waals surface area contributed by atoms with Crippen LogP contribution >= 0.6 is 11.3 Å². The second-order valence-corrected chi connectivity index (χ2v) is 6.52. The monoisotopic (exact) mass is 358 g/mol. The van der Waals surface area contributed by atoms with Crippen molar-refractivity contribution in [3.63, 3.8) is 0 Å². The number of nitrogens with zero attached hydrogens (tertiary/aromatic N) is 2. The molecule has 0 bridgehead atoms. The van der Waals surface area contributed by atoms with Crippen molar-refractivity contribution in [1.29, 1.82) is 0 Å². The summed E-state index contributed by atoms with van der Waals surface area (Å²) >= 11 is 1.31. The maximum absolute atomic E-state index is 13.5. The topological polar surface area (TPSA) is 43.6 Å². The molecule has 25 heavy (non-hydrogen) atoms. The normalized spacial score (nSPS) is 12.0. The highest BCUT2D eigenvalue weighted by molar-refractivity contribution is 7.16. The quantitative estimate of drug-likeness (QED) is 0.633. The summed E-state index contributed by atoms with van der Waals surface area (Å²) in [6.45, 7) is 3.63. The minimum Gasteiger partial charge on any atom is -0.380 e. The van der Waals surface area contributed by atoms with E-state index in [1.54, 1.807) is 6.07 Å². The lowest BCUT2D eigenvalue weighted by molar-refractivity contribution is -0.117. The fourth-order valence-corrected chi connectivity index (χ4v) is 3.66. The molecule has 0 aliphatic heterocycles. The summed E-state index contributed by atoms with van der Waals surface area (Å²) in [6.07, 6.45) is 0.245. The Morgan fingerprint density at radius 1 is 1.24 bits per heavy atom. The van der Waals surface area contributed by atoms with E-state index in [0.29, 0.717) is 24.6 Å². The molecule has 1 amide bonds. The lowest BCUT2D eigenvalue weighted by Crippen LogP contribution is -2.20. The van der Waals surface area contributed by atoms with Gasteiger partial charge >= 0.3 is 0 Å². The second kappa shape index (κ2) is 8.18. The van der Waals surface area contributed by atoms with E-state index in [-0.39, 0.29) is 18.1 Å². The number of carbonyl (C=O) groups excluding carboxylic acids is 1. The summed E-state index contributed by atoms with van der Waals surface area (Å²) < 4.78 is 21.6. The average molecular weight is 358 g/mol. The van der Waals surface area contributed by atoms with Crippen molar-refractivity contribution < 1.29 is 13.9 Å². The molecule has 3 aromatic rings. The summed E-state index contributed by atoms with van der Waals surface area (Å²) in [5.41, 5.74) is 1.78. The lowest BCUT2D eigenvalue weighted by atomic mass is 10.1. The minimum atomic E-state index is -0.298. The van der Waals surface area contributed by atoms with Crippen LogP contribution in [0.15, 0.2) is 53.5 Å². The van der Waals surface area contributed by atoms with E-state index in [1.807, 2.05) is 41.8 Å². The highest BCUT2D eigenvalue weighted by atomic mass is 32.1. The Balaban J connectivity index is 1.95. The third-order valence-corrected chi connectivity index (χ3v) is 4.77. The Kier molecular flexibility index (Phi) is 5.73. The average Bonchev–Trinajstić information content (AvgIpc) is 2.92. The zero-order chi connectivity index (χ0) is 17.6. The molecular formula is C19H19FN2O2S. The molecule has 2 aromatic carbocycles. The van der Waals surface area contributed by atoms with E-state index in [4.69, 9.17) is 4.74 Å². The molecule has 0 aliphatic rings. The van der Waals surface area contributed by atoms with Gasteiger partial charge < -0.3 is 9.30 Å². The van der Waals surface area contributed by atoms with Crippen LogP contribution < -0.4 is 4.80 Å². The van der Waals surface area contributed by atoms with Gasteiger partial charge in [0.05, 0.1) is 23.2 Å². The molecule has 0 fully saturated rings. The van der Waals surface area contributed by atoms with Crippen LogP contribution in [-0.4, -0.2) is 23.7 Å². The molecule has 4 nitrogen and oxygen atoms in total. The predicted molar refractivity (Wildman–Crippen MR) is 97.0 cm³/mol. The van der Waals surface area contributed by atoms with Gasteiger partial charge in [0.25, 0.3) is 5.91 Å². The second-order valence-electron chi connectivity index (χ2n) is 5.51. The van der Waals surface area contributed by atoms with Gasteiger partial charge in [-0.1, -0.05) is 41.7 Å². The molecule has 0 N–H and O–H groups in total. The van der Waals surface area contributed by atoms with Gasteiger partial charge in [0, 0.05) is 13.2 Å². The largest absolute Gasteiger partial charge is 0.380 e. The Morgan fingerprint density at radius 2 is 2.04 bits per heavy atom. The zero-order valence-corrected chi connectivity index (χ0v) is 14.8. The summed E-state index contributed by atoms with van der Waals surface area (Å²) in [5, 5.41) is 0. The van der Waals surface area contributed by atoms with Crippen molar-refractivity contribution in [3.05, 3.63) is 64.7 Å². The van der Waals surface area contributed by atoms with Gasteiger partial charge in [-0.3, -0.25) is 4.79 Å². The number of benzene rings is 2. The molecule has 0 spiro atoms. The number of fused-ring (bicyclic) bond motifs is 1. The van der Waals surface area contributed by atoms with Crippen LogP contribution in [0.3, 0.4) is 0 Å². The van der Waals surface area contributed by atoms with Gasteiger partial charge in [0.1, 0.15) is 5.82 Å². The van der Waals surface area contributed by atoms with Crippen LogP contribution in [0.4, 0.5) is 4.39 Å². The van der Waals surface area contributed by atoms with Crippen LogP contribution in [0.25, 0.3) is 10.2 Å². The molecule has 6 heteroatoms. The van der Waals surface area contributed by atoms with E-state index >= 15 is 0 Å². The fourth-order valence-electron chi connectivity index (χ4n) is 2.57. The minimum absolute atomic E-state index is 0.219. The Bertz CT molecular complexity index is 931. The first-order chi connectivity index (χ1) is 12.2. The number of aromatic nitrogens is 1. The maximum atomic E-state index is 13.5. The summed E-state index contributed by atoms with van der Waals surface area (Å²) in [6, 6.07) is 14.1. The summed E-state index contributed by atoms with van der Waals surface area (Å²) in [5.74, 6) is -0.517. The molecule has 3 rings (SSSR count). The van der Waals surface area contributed by atoms with E-state index in [9.17, 15) is 9.18 Å². The van der Waals surface area contributed by atoms with Gasteiger partial charge in [-0.15, -0.1) is 0 Å². The highest BCUT2D eigenvalue weighted by Crippen LogP contribution is 2.18. The van der Waals surface area contributed by atoms with Crippen molar-refractivity contribution in [2.75, 3.05) is 13.2 Å². The van der Waals surface area contributed by atoms with E-state index in [2.05, 4.69) is 4.99 Å². The molecule has 1 heterocycles. The van der Waals surface area contributed by atoms with Crippen molar-refractivity contribution in [1.82, 2.24) is 4.57 Å². The Labute approximate surface area is 149 Å². The molecular weight excluding hydrogens is 339 g/mol. The third kappa shape index (κ3) is 4.41. The van der Waals surface area contributed by atoms with Crippen LogP contribution in [0.1, 0.15) is 12.5 Å². The van der Waals surface area contributed by atoms with E-state index in [1.165, 1.54) is 23.5 Å². The van der Waals surface area contributed by atoms with Crippen molar-refractivity contribution in [3.8, 4) is 0 Å². The van der Waals surface area contributed by atoms with Crippen molar-refractivity contribution in [2.24, 2.45) is 4.99 Å². The number of halogens is 1. The lowest BCUT2D eigenvalue weighted by Gasteiger charge is -2.05. The molecule has 0 saturated carbocycles. The first-order valence-corrected chi connectivity index (χ1v) is 8.97. The molecule has 130 valence electrons. The first kappa shape index (κ1) is 17.5. The molecule has 0 unspecified atom stereocenters. The molecule has 0 radical (unpaired) electrons. The Morgan fingerprint density at radius 3 is 2.80 bits per heavy atom. The summed E-state index contributed by atoms with van der Waals surface area (Å²) in [7, 11) is 0. The third-order valence-electron chi connectivity index (χ3n) is 3.73. The fraction of sp³-hybridized carbons (Fsp3) is 0.263. The van der Waals surface area contributed by atoms with Gasteiger partial charge in [-0.2, -0.15) is 4.99 Å². The summed E-state index contributed by atoms with van der Waals surface area (Å²) in [4.78, 5) is 17.2. The number of hydrogen-bond acceptors (Lipinski definition) is 3. The van der Waals surface area contributed by atoms with Crippen molar-refractivity contribution in [2.45, 2.75) is 19.9 Å². The number of amides is 1. The SMILES string of the molecule is CCOCCn1c(=NC(=O)Cc2ccccc2)sc2cc(F)ccc21. The first-order valence-electron chi connectivity index (χ1n) is 8.15. The zero-order valence-electron chi connectivity index (χ0n) is 13.9. The standard InChI is InChI=1S/C19H19FN2O2S/c1-2-24-11-10-22-16-9-8-15(20)13-17(16)25-19(22)21-18(23)12-14-6-4-3-5-7-14/h3-9,13H,2,10-12H2,1H3. The Hall–Kier alpha value is -2.31. The number of ether oxygens (including phenoxy) is 1. The van der Waals surface area contributed by atoms with Crippen LogP contribution in [0, 0.1) is 5.82 Å².